The maximum absolute atomic E-state index is 12.7. The molecule has 0 aliphatic carbocycles. The third kappa shape index (κ3) is 3.31. The fourth-order valence-electron chi connectivity index (χ4n) is 3.29. The van der Waals surface area contributed by atoms with Gasteiger partial charge in [-0.1, -0.05) is 29.3 Å². The van der Waals surface area contributed by atoms with Gasteiger partial charge in [0.25, 0.3) is 5.91 Å². The van der Waals surface area contributed by atoms with Crippen LogP contribution in [0.1, 0.15) is 27.0 Å². The van der Waals surface area contributed by atoms with Gasteiger partial charge < -0.3 is 4.90 Å². The molecule has 2 aromatic carbocycles. The van der Waals surface area contributed by atoms with E-state index >= 15 is 0 Å². The number of hydrogen-bond acceptors (Lipinski definition) is 3. The van der Waals surface area contributed by atoms with Crippen LogP contribution < -0.4 is 0 Å². The molecular weight excluding hydrogens is 358 g/mol. The Kier molecular flexibility index (Phi) is 4.64. The number of benzene rings is 2. The Balaban J connectivity index is 1.76. The van der Waals surface area contributed by atoms with E-state index < -0.39 is 15.1 Å². The van der Waals surface area contributed by atoms with Gasteiger partial charge in [0.05, 0.1) is 4.90 Å². The number of aryl methyl sites for hydroxylation is 3. The SMILES string of the molecule is Cc1cc(C)c(C(=O)N2CC(S(=O)(=O)c3ccc(Cl)cc3)C2)c(C)c1. The monoisotopic (exact) mass is 377 g/mol. The highest BCUT2D eigenvalue weighted by Crippen LogP contribution is 2.27. The number of carbonyl (C=O) groups excluding carboxylic acids is 1. The van der Waals surface area contributed by atoms with Crippen molar-refractivity contribution in [2.75, 3.05) is 13.1 Å². The van der Waals surface area contributed by atoms with E-state index in [9.17, 15) is 13.2 Å². The summed E-state index contributed by atoms with van der Waals surface area (Å²) in [7, 11) is -3.45. The summed E-state index contributed by atoms with van der Waals surface area (Å²) in [5.41, 5.74) is 3.63. The van der Waals surface area contributed by atoms with Crippen molar-refractivity contribution >= 4 is 27.3 Å². The second kappa shape index (κ2) is 6.46. The molecule has 1 aliphatic rings. The zero-order chi connectivity index (χ0) is 18.4. The van der Waals surface area contributed by atoms with Gasteiger partial charge in [-0.15, -0.1) is 0 Å². The molecule has 2 aromatic rings. The first kappa shape index (κ1) is 18.0. The minimum absolute atomic E-state index is 0.0995. The van der Waals surface area contributed by atoms with Crippen molar-refractivity contribution in [3.8, 4) is 0 Å². The largest absolute Gasteiger partial charge is 0.336 e. The molecule has 132 valence electrons. The van der Waals surface area contributed by atoms with E-state index in [2.05, 4.69) is 0 Å². The number of nitrogens with zero attached hydrogens (tertiary/aromatic N) is 1. The van der Waals surface area contributed by atoms with Gasteiger partial charge in [-0.2, -0.15) is 0 Å². The standard InChI is InChI=1S/C19H20ClNO3S/c1-12-8-13(2)18(14(3)9-12)19(22)21-10-17(11-21)25(23,24)16-6-4-15(20)5-7-16/h4-9,17H,10-11H2,1-3H3. The Morgan fingerprint density at radius 2 is 1.56 bits per heavy atom. The number of hydrogen-bond donors (Lipinski definition) is 0. The van der Waals surface area contributed by atoms with Gasteiger partial charge in [0.1, 0.15) is 5.25 Å². The Morgan fingerprint density at radius 3 is 2.08 bits per heavy atom. The fraction of sp³-hybridized carbons (Fsp3) is 0.316. The highest BCUT2D eigenvalue weighted by molar-refractivity contribution is 7.92. The first-order chi connectivity index (χ1) is 11.7. The fourth-order valence-corrected chi connectivity index (χ4v) is 5.07. The molecule has 1 saturated heterocycles. The quantitative estimate of drug-likeness (QED) is 0.821. The van der Waals surface area contributed by atoms with E-state index in [0.717, 1.165) is 16.7 Å². The van der Waals surface area contributed by atoms with Gasteiger partial charge in [-0.25, -0.2) is 8.42 Å². The number of halogens is 1. The Bertz CT molecular complexity index is 907. The zero-order valence-corrected chi connectivity index (χ0v) is 16.0. The van der Waals surface area contributed by atoms with Crippen LogP contribution in [0.25, 0.3) is 0 Å². The van der Waals surface area contributed by atoms with Crippen LogP contribution in [0, 0.1) is 20.8 Å². The molecule has 1 amide bonds. The van der Waals surface area contributed by atoms with Crippen LogP contribution in [0.15, 0.2) is 41.3 Å². The lowest BCUT2D eigenvalue weighted by atomic mass is 9.97. The van der Waals surface area contributed by atoms with E-state index in [4.69, 9.17) is 11.6 Å². The lowest BCUT2D eigenvalue weighted by Crippen LogP contribution is -2.57. The van der Waals surface area contributed by atoms with Crippen molar-refractivity contribution in [3.63, 3.8) is 0 Å². The summed E-state index contributed by atoms with van der Waals surface area (Å²) in [6, 6.07) is 10.1. The van der Waals surface area contributed by atoms with Crippen LogP contribution in [0.5, 0.6) is 0 Å². The summed E-state index contributed by atoms with van der Waals surface area (Å²) >= 11 is 5.81. The van der Waals surface area contributed by atoms with Gasteiger partial charge in [-0.05, 0) is 56.2 Å². The molecule has 0 unspecified atom stereocenters. The number of amides is 1. The predicted octanol–water partition coefficient (Wildman–Crippen LogP) is 3.56. The van der Waals surface area contributed by atoms with E-state index in [1.165, 1.54) is 12.1 Å². The maximum atomic E-state index is 12.7. The average Bonchev–Trinajstić information content (AvgIpc) is 2.44. The highest BCUT2D eigenvalue weighted by atomic mass is 35.5. The molecule has 0 aromatic heterocycles. The van der Waals surface area contributed by atoms with Crippen LogP contribution in [0.4, 0.5) is 0 Å². The summed E-state index contributed by atoms with van der Waals surface area (Å²) in [4.78, 5) is 14.6. The molecule has 0 N–H and O–H groups in total. The number of likely N-dealkylation sites (tertiary alicyclic amines) is 1. The second-order valence-corrected chi connectivity index (χ2v) is 9.27. The van der Waals surface area contributed by atoms with Crippen molar-refractivity contribution in [1.82, 2.24) is 4.90 Å². The smallest absolute Gasteiger partial charge is 0.254 e. The summed E-state index contributed by atoms with van der Waals surface area (Å²) in [6.45, 7) is 6.25. The molecular formula is C19H20ClNO3S. The third-order valence-electron chi connectivity index (χ3n) is 4.61. The molecule has 0 bridgehead atoms. The van der Waals surface area contributed by atoms with Gasteiger partial charge in [0.2, 0.25) is 0 Å². The van der Waals surface area contributed by atoms with Crippen LogP contribution in [-0.4, -0.2) is 37.6 Å². The first-order valence-electron chi connectivity index (χ1n) is 8.06. The molecule has 4 nitrogen and oxygen atoms in total. The van der Waals surface area contributed by atoms with Crippen molar-refractivity contribution < 1.29 is 13.2 Å². The molecule has 0 atom stereocenters. The molecule has 0 saturated carbocycles. The van der Waals surface area contributed by atoms with Gasteiger partial charge >= 0.3 is 0 Å². The normalized spacial score (nSPS) is 15.1. The molecule has 1 aliphatic heterocycles. The van der Waals surface area contributed by atoms with E-state index in [1.54, 1.807) is 17.0 Å². The third-order valence-corrected chi connectivity index (χ3v) is 6.96. The van der Waals surface area contributed by atoms with Gasteiger partial charge in [-0.3, -0.25) is 4.79 Å². The molecule has 1 heterocycles. The van der Waals surface area contributed by atoms with Crippen LogP contribution in [0.3, 0.4) is 0 Å². The maximum Gasteiger partial charge on any atom is 0.254 e. The minimum Gasteiger partial charge on any atom is -0.336 e. The van der Waals surface area contributed by atoms with Gasteiger partial charge in [0.15, 0.2) is 9.84 Å². The minimum atomic E-state index is -3.45. The van der Waals surface area contributed by atoms with Crippen LogP contribution >= 0.6 is 11.6 Å². The second-order valence-electron chi connectivity index (χ2n) is 6.60. The Morgan fingerprint density at radius 1 is 1.04 bits per heavy atom. The number of sulfone groups is 1. The van der Waals surface area contributed by atoms with E-state index in [-0.39, 0.29) is 23.9 Å². The summed E-state index contributed by atoms with van der Waals surface area (Å²) in [5, 5.41) is -0.0710. The highest BCUT2D eigenvalue weighted by Gasteiger charge is 2.41. The molecule has 25 heavy (non-hydrogen) atoms. The topological polar surface area (TPSA) is 54.5 Å². The van der Waals surface area contributed by atoms with E-state index in [0.29, 0.717) is 10.6 Å². The van der Waals surface area contributed by atoms with Crippen LogP contribution in [0.2, 0.25) is 5.02 Å². The molecule has 6 heteroatoms. The molecule has 3 rings (SSSR count). The van der Waals surface area contributed by atoms with Crippen molar-refractivity contribution in [2.24, 2.45) is 0 Å². The average molecular weight is 378 g/mol. The summed E-state index contributed by atoms with van der Waals surface area (Å²) in [6.07, 6.45) is 0. The molecule has 0 spiro atoms. The number of rotatable bonds is 3. The summed E-state index contributed by atoms with van der Waals surface area (Å²) < 4.78 is 25.3. The van der Waals surface area contributed by atoms with Crippen molar-refractivity contribution in [3.05, 3.63) is 63.7 Å². The van der Waals surface area contributed by atoms with Crippen molar-refractivity contribution in [1.29, 1.82) is 0 Å². The Hall–Kier alpha value is -1.85. The lowest BCUT2D eigenvalue weighted by Gasteiger charge is -2.39. The zero-order valence-electron chi connectivity index (χ0n) is 14.4. The lowest BCUT2D eigenvalue weighted by molar-refractivity contribution is 0.0657. The first-order valence-corrected chi connectivity index (χ1v) is 9.99. The molecule has 0 radical (unpaired) electrons. The molecule has 1 fully saturated rings. The Labute approximate surface area is 153 Å². The summed E-state index contributed by atoms with van der Waals surface area (Å²) in [5.74, 6) is -0.0995. The van der Waals surface area contributed by atoms with Crippen LogP contribution in [-0.2, 0) is 9.84 Å². The van der Waals surface area contributed by atoms with E-state index in [1.807, 2.05) is 32.9 Å². The predicted molar refractivity (Wildman–Crippen MR) is 99.0 cm³/mol. The van der Waals surface area contributed by atoms with Gasteiger partial charge in [0, 0.05) is 23.7 Å². The number of carbonyl (C=O) groups is 1. The van der Waals surface area contributed by atoms with Crippen molar-refractivity contribution in [2.45, 2.75) is 30.9 Å².